The maximum Gasteiger partial charge on any atom is 0.335 e. The molecule has 6 heteroatoms. The van der Waals surface area contributed by atoms with E-state index in [1.807, 2.05) is 11.8 Å². The van der Waals surface area contributed by atoms with Crippen LogP contribution in [0.1, 0.15) is 37.6 Å². The summed E-state index contributed by atoms with van der Waals surface area (Å²) in [5.74, 6) is -1.27. The highest BCUT2D eigenvalue weighted by Crippen LogP contribution is 2.23. The maximum atomic E-state index is 12.1. The van der Waals surface area contributed by atoms with Crippen LogP contribution in [0.25, 0.3) is 0 Å². The standard InChI is InChI=1S/C15H21ClN2O3/c1-4-10(3)18(5-2)9-14(19)17-13-8-11(15(20)21)6-7-12(13)16/h6-8,10H,4-5,9H2,1-3H3,(H,17,19)(H,20,21). The highest BCUT2D eigenvalue weighted by Gasteiger charge is 2.15. The van der Waals surface area contributed by atoms with Crippen LogP contribution in [0.15, 0.2) is 18.2 Å². The van der Waals surface area contributed by atoms with Crippen molar-refractivity contribution in [1.82, 2.24) is 4.90 Å². The maximum absolute atomic E-state index is 12.1. The van der Waals surface area contributed by atoms with Crippen molar-refractivity contribution in [3.05, 3.63) is 28.8 Å². The molecule has 21 heavy (non-hydrogen) atoms. The topological polar surface area (TPSA) is 69.6 Å². The summed E-state index contributed by atoms with van der Waals surface area (Å²) in [5.41, 5.74) is 0.408. The van der Waals surface area contributed by atoms with Crippen molar-refractivity contribution in [2.24, 2.45) is 0 Å². The van der Waals surface area contributed by atoms with E-state index in [1.165, 1.54) is 18.2 Å². The number of rotatable bonds is 7. The molecule has 1 aromatic carbocycles. The van der Waals surface area contributed by atoms with E-state index in [0.717, 1.165) is 13.0 Å². The van der Waals surface area contributed by atoms with Gasteiger partial charge >= 0.3 is 5.97 Å². The molecule has 0 fully saturated rings. The van der Waals surface area contributed by atoms with E-state index in [-0.39, 0.29) is 18.0 Å². The molecule has 0 radical (unpaired) electrons. The molecule has 0 saturated heterocycles. The zero-order valence-corrected chi connectivity index (χ0v) is 13.3. The number of nitrogens with zero attached hydrogens (tertiary/aromatic N) is 1. The van der Waals surface area contributed by atoms with Gasteiger partial charge in [0.1, 0.15) is 0 Å². The van der Waals surface area contributed by atoms with Crippen molar-refractivity contribution in [2.45, 2.75) is 33.2 Å². The van der Waals surface area contributed by atoms with E-state index in [0.29, 0.717) is 16.8 Å². The Morgan fingerprint density at radius 1 is 1.38 bits per heavy atom. The first-order valence-corrected chi connectivity index (χ1v) is 7.33. The van der Waals surface area contributed by atoms with E-state index >= 15 is 0 Å². The van der Waals surface area contributed by atoms with Gasteiger partial charge in [0.15, 0.2) is 0 Å². The first-order valence-electron chi connectivity index (χ1n) is 6.95. The second-order valence-electron chi connectivity index (χ2n) is 4.87. The van der Waals surface area contributed by atoms with Gasteiger partial charge in [0.2, 0.25) is 5.91 Å². The average molecular weight is 313 g/mol. The molecular weight excluding hydrogens is 292 g/mol. The van der Waals surface area contributed by atoms with E-state index in [2.05, 4.69) is 19.2 Å². The molecular formula is C15H21ClN2O3. The lowest BCUT2D eigenvalue weighted by Gasteiger charge is -2.26. The fourth-order valence-electron chi connectivity index (χ4n) is 1.97. The van der Waals surface area contributed by atoms with Gasteiger partial charge < -0.3 is 10.4 Å². The number of carbonyl (C=O) groups excluding carboxylic acids is 1. The number of hydrogen-bond donors (Lipinski definition) is 2. The number of hydrogen-bond acceptors (Lipinski definition) is 3. The normalized spacial score (nSPS) is 12.2. The van der Waals surface area contributed by atoms with Gasteiger partial charge in [-0.05, 0) is 38.1 Å². The summed E-state index contributed by atoms with van der Waals surface area (Å²) in [4.78, 5) is 25.1. The molecule has 0 bridgehead atoms. The Morgan fingerprint density at radius 3 is 2.57 bits per heavy atom. The lowest BCUT2D eigenvalue weighted by atomic mass is 10.2. The zero-order valence-electron chi connectivity index (χ0n) is 12.5. The minimum absolute atomic E-state index is 0.0870. The summed E-state index contributed by atoms with van der Waals surface area (Å²) in [6.45, 7) is 7.15. The molecule has 1 atom stereocenters. The Hall–Kier alpha value is -1.59. The van der Waals surface area contributed by atoms with Crippen molar-refractivity contribution in [1.29, 1.82) is 0 Å². The van der Waals surface area contributed by atoms with E-state index in [9.17, 15) is 9.59 Å². The third kappa shape index (κ3) is 5.02. The van der Waals surface area contributed by atoms with Gasteiger partial charge in [0.25, 0.3) is 0 Å². The van der Waals surface area contributed by atoms with Gasteiger partial charge in [-0.1, -0.05) is 25.4 Å². The number of aromatic carboxylic acids is 1. The summed E-state index contributed by atoms with van der Waals surface area (Å²) >= 11 is 5.98. The molecule has 1 amide bonds. The van der Waals surface area contributed by atoms with Crippen LogP contribution in [-0.2, 0) is 4.79 Å². The second kappa shape index (κ2) is 8.00. The van der Waals surface area contributed by atoms with Crippen LogP contribution in [-0.4, -0.2) is 41.0 Å². The number of carboxylic acid groups (broad SMARTS) is 1. The summed E-state index contributed by atoms with van der Waals surface area (Å²) in [7, 11) is 0. The number of carboxylic acids is 1. The Bertz CT molecular complexity index is 520. The minimum Gasteiger partial charge on any atom is -0.478 e. The molecule has 0 aromatic heterocycles. The molecule has 0 aliphatic heterocycles. The average Bonchev–Trinajstić information content (AvgIpc) is 2.45. The predicted octanol–water partition coefficient (Wildman–Crippen LogP) is 3.10. The van der Waals surface area contributed by atoms with Gasteiger partial charge in [-0.3, -0.25) is 9.69 Å². The number of anilines is 1. The van der Waals surface area contributed by atoms with E-state index in [1.54, 1.807) is 0 Å². The molecule has 2 N–H and O–H groups in total. The highest BCUT2D eigenvalue weighted by atomic mass is 35.5. The monoisotopic (exact) mass is 312 g/mol. The first kappa shape index (κ1) is 17.5. The summed E-state index contributed by atoms with van der Waals surface area (Å²) in [6, 6.07) is 4.54. The van der Waals surface area contributed by atoms with Gasteiger partial charge in [-0.25, -0.2) is 4.79 Å². The fraction of sp³-hybridized carbons (Fsp3) is 0.467. The van der Waals surface area contributed by atoms with Gasteiger partial charge in [0, 0.05) is 6.04 Å². The Morgan fingerprint density at radius 2 is 2.05 bits per heavy atom. The number of likely N-dealkylation sites (N-methyl/N-ethyl adjacent to an activating group) is 1. The number of halogens is 1. The third-order valence-corrected chi connectivity index (χ3v) is 3.78. The molecule has 1 rings (SSSR count). The predicted molar refractivity (Wildman–Crippen MR) is 84.0 cm³/mol. The van der Waals surface area contributed by atoms with Gasteiger partial charge in [-0.15, -0.1) is 0 Å². The molecule has 0 saturated carbocycles. The van der Waals surface area contributed by atoms with E-state index < -0.39 is 5.97 Å². The zero-order chi connectivity index (χ0) is 16.0. The molecule has 1 aromatic rings. The van der Waals surface area contributed by atoms with Crippen molar-refractivity contribution in [3.8, 4) is 0 Å². The molecule has 0 heterocycles. The smallest absolute Gasteiger partial charge is 0.335 e. The van der Waals surface area contributed by atoms with Crippen LogP contribution in [0.2, 0.25) is 5.02 Å². The Labute approximate surface area is 129 Å². The van der Waals surface area contributed by atoms with Crippen molar-refractivity contribution < 1.29 is 14.7 Å². The Balaban J connectivity index is 2.78. The van der Waals surface area contributed by atoms with Crippen molar-refractivity contribution >= 4 is 29.2 Å². The van der Waals surface area contributed by atoms with Crippen LogP contribution in [0, 0.1) is 0 Å². The van der Waals surface area contributed by atoms with Crippen LogP contribution in [0.4, 0.5) is 5.69 Å². The summed E-state index contributed by atoms with van der Waals surface area (Å²) in [5, 5.41) is 12.0. The first-order chi connectivity index (χ1) is 9.88. The summed E-state index contributed by atoms with van der Waals surface area (Å²) in [6.07, 6.45) is 0.955. The number of nitrogens with one attached hydrogen (secondary N) is 1. The molecule has 0 aliphatic carbocycles. The molecule has 1 unspecified atom stereocenters. The quantitative estimate of drug-likeness (QED) is 0.811. The third-order valence-electron chi connectivity index (χ3n) is 3.45. The minimum atomic E-state index is -1.06. The van der Waals surface area contributed by atoms with Crippen molar-refractivity contribution in [2.75, 3.05) is 18.4 Å². The van der Waals surface area contributed by atoms with E-state index in [4.69, 9.17) is 16.7 Å². The second-order valence-corrected chi connectivity index (χ2v) is 5.28. The van der Waals surface area contributed by atoms with Gasteiger partial charge in [-0.2, -0.15) is 0 Å². The lowest BCUT2D eigenvalue weighted by Crippen LogP contribution is -2.39. The SMILES string of the molecule is CCC(C)N(CC)CC(=O)Nc1cc(C(=O)O)ccc1Cl. The lowest BCUT2D eigenvalue weighted by molar-refractivity contribution is -0.117. The van der Waals surface area contributed by atoms with Crippen LogP contribution in [0.5, 0.6) is 0 Å². The largest absolute Gasteiger partial charge is 0.478 e. The molecule has 5 nitrogen and oxygen atoms in total. The van der Waals surface area contributed by atoms with Crippen molar-refractivity contribution in [3.63, 3.8) is 0 Å². The van der Waals surface area contributed by atoms with Crippen LogP contribution >= 0.6 is 11.6 Å². The fourth-order valence-corrected chi connectivity index (χ4v) is 2.13. The number of amides is 1. The highest BCUT2D eigenvalue weighted by molar-refractivity contribution is 6.33. The van der Waals surface area contributed by atoms with Crippen LogP contribution in [0.3, 0.4) is 0 Å². The number of benzene rings is 1. The molecule has 0 spiro atoms. The summed E-state index contributed by atoms with van der Waals surface area (Å²) < 4.78 is 0. The van der Waals surface area contributed by atoms with Gasteiger partial charge in [0.05, 0.1) is 22.8 Å². The molecule has 116 valence electrons. The van der Waals surface area contributed by atoms with Crippen LogP contribution < -0.4 is 5.32 Å². The Kier molecular flexibility index (Phi) is 6.65. The number of carbonyl (C=O) groups is 2. The molecule has 0 aliphatic rings.